The molecule has 13 N–H and O–H groups in total. The van der Waals surface area contributed by atoms with E-state index < -0.39 is 101 Å². The van der Waals surface area contributed by atoms with Crippen molar-refractivity contribution in [3.05, 3.63) is 36.2 Å². The number of phosphoric acid groups is 2. The highest BCUT2D eigenvalue weighted by Crippen LogP contribution is 2.61. The van der Waals surface area contributed by atoms with Crippen LogP contribution in [-0.2, 0) is 41.6 Å². The zero-order valence-electron chi connectivity index (χ0n) is 26.0. The summed E-state index contributed by atoms with van der Waals surface area (Å²) in [6.07, 6.45) is -7.84. The SMILES string of the molecule is NC(=O)C1=CN([C@@H]2O[C@H](COP(=O)(O)OP(=O)(O)OC[C@H]3O[C@@H](n4cnc5c(N)ncnc54)[C@H](O)[C@@H]3O)[C@@H](O)[C@H]2O)C=C2[C@H]1CC[C@@]2(N)C(=O)O. The molecule has 6 rings (SSSR count). The molecule has 51 heavy (non-hydrogen) atoms. The largest absolute Gasteiger partial charge is 0.481 e. The van der Waals surface area contributed by atoms with Gasteiger partial charge in [0.25, 0.3) is 0 Å². The molecule has 0 aromatic carbocycles. The van der Waals surface area contributed by atoms with E-state index in [1.807, 2.05) is 0 Å². The summed E-state index contributed by atoms with van der Waals surface area (Å²) in [7, 11) is -10.9. The number of carbonyl (C=O) groups excluding carboxylic acids is 1. The number of nitrogens with zero attached hydrogens (tertiary/aromatic N) is 5. The maximum Gasteiger partial charge on any atom is 0.481 e. The van der Waals surface area contributed by atoms with E-state index in [0.29, 0.717) is 0 Å². The van der Waals surface area contributed by atoms with Crippen LogP contribution >= 0.6 is 15.6 Å². The topological polar surface area (TPSA) is 381 Å². The summed E-state index contributed by atoms with van der Waals surface area (Å²) in [5.74, 6) is -2.96. The van der Waals surface area contributed by atoms with E-state index in [4.69, 9.17) is 35.7 Å². The van der Waals surface area contributed by atoms with Crippen molar-refractivity contribution in [1.29, 1.82) is 0 Å². The van der Waals surface area contributed by atoms with E-state index in [0.717, 1.165) is 11.2 Å². The summed E-state index contributed by atoms with van der Waals surface area (Å²) in [6.45, 7) is -1.95. The Balaban J connectivity index is 1.06. The number of carboxylic acids is 1. The van der Waals surface area contributed by atoms with Crippen LogP contribution in [0.3, 0.4) is 0 Å². The minimum atomic E-state index is -5.49. The second-order valence-corrected chi connectivity index (χ2v) is 15.2. The third-order valence-corrected chi connectivity index (χ3v) is 11.6. The molecule has 26 heteroatoms. The number of phosphoric ester groups is 2. The maximum absolute atomic E-state index is 12.6. The van der Waals surface area contributed by atoms with E-state index in [1.54, 1.807) is 0 Å². The Morgan fingerprint density at radius 2 is 1.53 bits per heavy atom. The van der Waals surface area contributed by atoms with Crippen LogP contribution in [0.15, 0.2) is 36.2 Å². The number of aromatic nitrogens is 4. The molecule has 3 aliphatic heterocycles. The average molecular weight is 765 g/mol. The molecule has 4 aliphatic rings. The molecule has 12 atom stereocenters. The number of carboxylic acid groups (broad SMARTS) is 1. The number of fused-ring (bicyclic) bond motifs is 2. The van der Waals surface area contributed by atoms with Crippen molar-refractivity contribution >= 4 is 44.5 Å². The second kappa shape index (κ2) is 13.5. The van der Waals surface area contributed by atoms with Crippen LogP contribution in [0.1, 0.15) is 19.1 Å². The summed E-state index contributed by atoms with van der Waals surface area (Å²) in [6, 6.07) is 0. The summed E-state index contributed by atoms with van der Waals surface area (Å²) in [4.78, 5) is 57.4. The molecule has 5 heterocycles. The van der Waals surface area contributed by atoms with Crippen molar-refractivity contribution in [1.82, 2.24) is 24.4 Å². The fourth-order valence-electron chi connectivity index (χ4n) is 6.35. The number of ether oxygens (including phenoxy) is 2. The summed E-state index contributed by atoms with van der Waals surface area (Å²) >= 11 is 0. The molecule has 1 amide bonds. The number of nitrogen functional groups attached to an aromatic ring is 1. The first-order valence-electron chi connectivity index (χ1n) is 15.0. The molecular weight excluding hydrogens is 730 g/mol. The number of aliphatic hydroxyl groups is 4. The van der Waals surface area contributed by atoms with Gasteiger partial charge in [-0.25, -0.2) is 28.9 Å². The molecule has 0 radical (unpaired) electrons. The van der Waals surface area contributed by atoms with E-state index in [2.05, 4.69) is 19.3 Å². The quantitative estimate of drug-likeness (QED) is 0.0936. The smallest absolute Gasteiger partial charge is 0.480 e. The van der Waals surface area contributed by atoms with Gasteiger partial charge in [-0.15, -0.1) is 0 Å². The van der Waals surface area contributed by atoms with Gasteiger partial charge in [0.1, 0.15) is 54.0 Å². The van der Waals surface area contributed by atoms with Crippen molar-refractivity contribution in [3.8, 4) is 0 Å². The third kappa shape index (κ3) is 6.92. The van der Waals surface area contributed by atoms with Crippen LogP contribution in [0.4, 0.5) is 5.82 Å². The fraction of sp³-hybridized carbons (Fsp3) is 0.560. The Hall–Kier alpha value is -3.45. The second-order valence-electron chi connectivity index (χ2n) is 12.1. The number of aliphatic hydroxyl groups excluding tert-OH is 4. The van der Waals surface area contributed by atoms with Crippen LogP contribution in [0, 0.1) is 5.92 Å². The van der Waals surface area contributed by atoms with Gasteiger partial charge < -0.3 is 66.9 Å². The van der Waals surface area contributed by atoms with Gasteiger partial charge >= 0.3 is 21.6 Å². The molecule has 1 saturated carbocycles. The molecule has 280 valence electrons. The number of hydrogen-bond acceptors (Lipinski definition) is 19. The third-order valence-electron chi connectivity index (χ3n) is 8.98. The molecule has 3 fully saturated rings. The van der Waals surface area contributed by atoms with Crippen molar-refractivity contribution in [2.24, 2.45) is 17.4 Å². The number of amides is 1. The Kier molecular flexibility index (Phi) is 9.88. The Labute approximate surface area is 285 Å². The Morgan fingerprint density at radius 1 is 0.941 bits per heavy atom. The Bertz CT molecular complexity index is 1880. The molecule has 2 unspecified atom stereocenters. The minimum absolute atomic E-state index is 0.0277. The summed E-state index contributed by atoms with van der Waals surface area (Å²) in [5.41, 5.74) is 15.9. The van der Waals surface area contributed by atoms with Gasteiger partial charge in [0.15, 0.2) is 23.9 Å². The minimum Gasteiger partial charge on any atom is -0.480 e. The number of carbonyl (C=O) groups is 2. The number of aliphatic carboxylic acids is 1. The van der Waals surface area contributed by atoms with Gasteiger partial charge in [0, 0.05) is 23.9 Å². The zero-order chi connectivity index (χ0) is 37.2. The molecule has 1 aliphatic carbocycles. The van der Waals surface area contributed by atoms with Crippen molar-refractivity contribution < 1.29 is 76.9 Å². The first kappa shape index (κ1) is 37.3. The van der Waals surface area contributed by atoms with Crippen LogP contribution in [0.25, 0.3) is 11.2 Å². The number of rotatable bonds is 12. The Morgan fingerprint density at radius 3 is 2.12 bits per heavy atom. The number of hydrogen-bond donors (Lipinski definition) is 10. The number of primary amides is 1. The normalized spacial score (nSPS) is 36.0. The van der Waals surface area contributed by atoms with Gasteiger partial charge in [-0.1, -0.05) is 0 Å². The lowest BCUT2D eigenvalue weighted by molar-refractivity contribution is -0.141. The van der Waals surface area contributed by atoms with Crippen LogP contribution in [-0.4, -0.2) is 133 Å². The fourth-order valence-corrected chi connectivity index (χ4v) is 8.44. The summed E-state index contributed by atoms with van der Waals surface area (Å²) < 4.78 is 51.3. The zero-order valence-corrected chi connectivity index (χ0v) is 27.8. The van der Waals surface area contributed by atoms with E-state index in [1.165, 1.54) is 23.3 Å². The highest BCUT2D eigenvalue weighted by molar-refractivity contribution is 7.61. The monoisotopic (exact) mass is 764 g/mol. The molecule has 2 aromatic heterocycles. The lowest BCUT2D eigenvalue weighted by atomic mass is 9.85. The van der Waals surface area contributed by atoms with Crippen molar-refractivity contribution in [3.63, 3.8) is 0 Å². The van der Waals surface area contributed by atoms with Gasteiger partial charge in [0.05, 0.1) is 19.5 Å². The number of nitrogens with two attached hydrogens (primary N) is 3. The lowest BCUT2D eigenvalue weighted by Gasteiger charge is -2.35. The van der Waals surface area contributed by atoms with Crippen molar-refractivity contribution in [2.75, 3.05) is 18.9 Å². The average Bonchev–Trinajstić information content (AvgIpc) is 3.79. The lowest BCUT2D eigenvalue weighted by Crippen LogP contribution is -2.50. The molecule has 0 bridgehead atoms. The van der Waals surface area contributed by atoms with Gasteiger partial charge in [0.2, 0.25) is 5.91 Å². The predicted octanol–water partition coefficient (Wildman–Crippen LogP) is -3.51. The summed E-state index contributed by atoms with van der Waals surface area (Å²) in [5, 5.41) is 52.1. The molecule has 24 nitrogen and oxygen atoms in total. The molecule has 0 spiro atoms. The predicted molar refractivity (Wildman–Crippen MR) is 163 cm³/mol. The highest BCUT2D eigenvalue weighted by Gasteiger charge is 2.53. The first-order valence-corrected chi connectivity index (χ1v) is 18.0. The standard InChI is InChI=1S/C25H34N8O16P2/c26-19-14-21(30-7-29-19)33(8-31-14)23-18(37)16(35)13(48-23)6-46-51(43,44)49-50(41,42)45-5-12-15(34)17(36)22(47-12)32-3-10(20(27)38)9-1-2-25(28,24(39)40)11(9)4-32/h3-4,7-9,12-13,15-18,22-23,34-37H,1-2,5-6,28H2,(H2,27,38)(H,39,40)(H,41,42)(H,43,44)(H2,26,29,30)/t9-,12+,13+,15+,16+,17+,18+,22+,23+,25-/m0/s1. The van der Waals surface area contributed by atoms with Gasteiger partial charge in [-0.05, 0) is 18.4 Å². The van der Waals surface area contributed by atoms with E-state index in [-0.39, 0.29) is 41.0 Å². The van der Waals surface area contributed by atoms with Crippen LogP contribution < -0.4 is 17.2 Å². The highest BCUT2D eigenvalue weighted by atomic mass is 31.3. The van der Waals surface area contributed by atoms with Crippen LogP contribution in [0.2, 0.25) is 0 Å². The number of imidazole rings is 1. The maximum atomic E-state index is 12.6. The number of anilines is 1. The first-order chi connectivity index (χ1) is 23.8. The van der Waals surface area contributed by atoms with Crippen LogP contribution in [0.5, 0.6) is 0 Å². The van der Waals surface area contributed by atoms with Gasteiger partial charge in [-0.3, -0.25) is 18.4 Å². The van der Waals surface area contributed by atoms with E-state index >= 15 is 0 Å². The molecular formula is C25H34N8O16P2. The molecule has 2 aromatic rings. The van der Waals surface area contributed by atoms with Gasteiger partial charge in [-0.2, -0.15) is 4.31 Å². The van der Waals surface area contributed by atoms with Crippen molar-refractivity contribution in [2.45, 2.75) is 67.5 Å². The molecule has 2 saturated heterocycles. The van der Waals surface area contributed by atoms with E-state index in [9.17, 15) is 54.0 Å².